The van der Waals surface area contributed by atoms with Crippen molar-refractivity contribution < 1.29 is 9.59 Å². The standard InChI is InChI=1S/C11H23N3O2S/c1-3-4-6-14(8-10(13)15)11(16)9(12)5-7-17-2/h9H,3-8,12H2,1-2H3,(H2,13,15)/t9-/m1/s1. The Bertz CT molecular complexity index is 249. The number of amides is 2. The van der Waals surface area contributed by atoms with Crippen LogP contribution in [-0.2, 0) is 9.59 Å². The number of thioether (sulfide) groups is 1. The number of hydrogen-bond donors (Lipinski definition) is 2. The van der Waals surface area contributed by atoms with Gasteiger partial charge in [-0.3, -0.25) is 9.59 Å². The van der Waals surface area contributed by atoms with E-state index in [0.717, 1.165) is 18.6 Å². The summed E-state index contributed by atoms with van der Waals surface area (Å²) in [6, 6.07) is -0.529. The van der Waals surface area contributed by atoms with Crippen LogP contribution in [0.1, 0.15) is 26.2 Å². The molecule has 0 aliphatic carbocycles. The molecule has 5 nitrogen and oxygen atoms in total. The highest BCUT2D eigenvalue weighted by Crippen LogP contribution is 2.04. The van der Waals surface area contributed by atoms with Crippen LogP contribution in [0.15, 0.2) is 0 Å². The molecule has 1 atom stereocenters. The van der Waals surface area contributed by atoms with E-state index in [2.05, 4.69) is 0 Å². The highest BCUT2D eigenvalue weighted by molar-refractivity contribution is 7.98. The summed E-state index contributed by atoms with van der Waals surface area (Å²) in [5.41, 5.74) is 10.9. The average Bonchev–Trinajstić information content (AvgIpc) is 2.29. The lowest BCUT2D eigenvalue weighted by Crippen LogP contribution is -2.47. The predicted molar refractivity (Wildman–Crippen MR) is 71.7 cm³/mol. The predicted octanol–water partition coefficient (Wildman–Crippen LogP) is 0.181. The highest BCUT2D eigenvalue weighted by atomic mass is 32.2. The van der Waals surface area contributed by atoms with Crippen molar-refractivity contribution in [2.75, 3.05) is 25.1 Å². The van der Waals surface area contributed by atoms with E-state index >= 15 is 0 Å². The van der Waals surface area contributed by atoms with Gasteiger partial charge in [0, 0.05) is 6.54 Å². The molecule has 0 aliphatic heterocycles. The molecule has 4 N–H and O–H groups in total. The lowest BCUT2D eigenvalue weighted by atomic mass is 10.2. The van der Waals surface area contributed by atoms with E-state index in [1.807, 2.05) is 13.2 Å². The average molecular weight is 261 g/mol. The maximum absolute atomic E-state index is 12.0. The van der Waals surface area contributed by atoms with Gasteiger partial charge in [0.25, 0.3) is 0 Å². The number of hydrogen-bond acceptors (Lipinski definition) is 4. The molecule has 17 heavy (non-hydrogen) atoms. The van der Waals surface area contributed by atoms with Crippen molar-refractivity contribution in [3.8, 4) is 0 Å². The second-order valence-corrected chi connectivity index (χ2v) is 4.95. The fourth-order valence-corrected chi connectivity index (χ4v) is 1.90. The summed E-state index contributed by atoms with van der Waals surface area (Å²) in [7, 11) is 0. The Kier molecular flexibility index (Phi) is 8.89. The van der Waals surface area contributed by atoms with Gasteiger partial charge in [-0.15, -0.1) is 0 Å². The largest absolute Gasteiger partial charge is 0.368 e. The summed E-state index contributed by atoms with van der Waals surface area (Å²) in [6.45, 7) is 2.54. The Hall–Kier alpha value is -0.750. The topological polar surface area (TPSA) is 89.4 Å². The monoisotopic (exact) mass is 261 g/mol. The third-order valence-electron chi connectivity index (χ3n) is 2.39. The van der Waals surface area contributed by atoms with E-state index in [4.69, 9.17) is 11.5 Å². The van der Waals surface area contributed by atoms with Crippen LogP contribution in [0.5, 0.6) is 0 Å². The SMILES string of the molecule is CCCCN(CC(N)=O)C(=O)[C@H](N)CCSC. The van der Waals surface area contributed by atoms with Gasteiger partial charge >= 0.3 is 0 Å². The molecule has 0 rings (SSSR count). The Balaban J connectivity index is 4.33. The molecule has 0 aliphatic rings. The summed E-state index contributed by atoms with van der Waals surface area (Å²) in [6.07, 6.45) is 4.41. The van der Waals surface area contributed by atoms with Crippen molar-refractivity contribution in [1.29, 1.82) is 0 Å². The Morgan fingerprint density at radius 1 is 1.41 bits per heavy atom. The van der Waals surface area contributed by atoms with E-state index in [1.54, 1.807) is 11.8 Å². The third-order valence-corrected chi connectivity index (χ3v) is 3.03. The lowest BCUT2D eigenvalue weighted by molar-refractivity contribution is -0.136. The molecule has 0 aromatic carbocycles. The molecular weight excluding hydrogens is 238 g/mol. The Labute approximate surface area is 107 Å². The van der Waals surface area contributed by atoms with Gasteiger partial charge in [-0.1, -0.05) is 13.3 Å². The molecular formula is C11H23N3O2S. The molecule has 0 unspecified atom stereocenters. The van der Waals surface area contributed by atoms with Gasteiger partial charge < -0.3 is 16.4 Å². The number of carbonyl (C=O) groups is 2. The van der Waals surface area contributed by atoms with Crippen LogP contribution in [0.25, 0.3) is 0 Å². The van der Waals surface area contributed by atoms with Gasteiger partial charge in [0.1, 0.15) is 0 Å². The van der Waals surface area contributed by atoms with E-state index in [9.17, 15) is 9.59 Å². The minimum atomic E-state index is -0.529. The van der Waals surface area contributed by atoms with E-state index in [0.29, 0.717) is 13.0 Å². The summed E-state index contributed by atoms with van der Waals surface area (Å²) in [5.74, 6) is 0.170. The quantitative estimate of drug-likeness (QED) is 0.619. The lowest BCUT2D eigenvalue weighted by Gasteiger charge is -2.24. The maximum Gasteiger partial charge on any atom is 0.239 e. The molecule has 0 aromatic rings. The molecule has 2 amide bonds. The zero-order chi connectivity index (χ0) is 13.3. The molecule has 0 heterocycles. The first-order chi connectivity index (χ1) is 8.02. The smallest absolute Gasteiger partial charge is 0.239 e. The second-order valence-electron chi connectivity index (χ2n) is 3.97. The third kappa shape index (κ3) is 7.23. The molecule has 0 bridgehead atoms. The summed E-state index contributed by atoms with van der Waals surface area (Å²) < 4.78 is 0. The summed E-state index contributed by atoms with van der Waals surface area (Å²) >= 11 is 1.65. The minimum absolute atomic E-state index is 0.0359. The van der Waals surface area contributed by atoms with Crippen LogP contribution in [-0.4, -0.2) is 47.9 Å². The second kappa shape index (κ2) is 9.30. The van der Waals surface area contributed by atoms with Crippen LogP contribution >= 0.6 is 11.8 Å². The Morgan fingerprint density at radius 2 is 2.06 bits per heavy atom. The van der Waals surface area contributed by atoms with Crippen molar-refractivity contribution in [2.45, 2.75) is 32.2 Å². The van der Waals surface area contributed by atoms with Gasteiger partial charge in [-0.2, -0.15) is 11.8 Å². The normalized spacial score (nSPS) is 12.2. The van der Waals surface area contributed by atoms with E-state index in [-0.39, 0.29) is 12.5 Å². The Morgan fingerprint density at radius 3 is 2.53 bits per heavy atom. The van der Waals surface area contributed by atoms with Gasteiger partial charge in [-0.05, 0) is 24.9 Å². The van der Waals surface area contributed by atoms with Gasteiger partial charge in [0.05, 0.1) is 12.6 Å². The molecule has 0 saturated carbocycles. The molecule has 6 heteroatoms. The van der Waals surface area contributed by atoms with Crippen LogP contribution in [0.4, 0.5) is 0 Å². The molecule has 100 valence electrons. The molecule has 0 spiro atoms. The van der Waals surface area contributed by atoms with Gasteiger partial charge in [0.2, 0.25) is 11.8 Å². The zero-order valence-electron chi connectivity index (χ0n) is 10.6. The first-order valence-corrected chi connectivity index (χ1v) is 7.23. The zero-order valence-corrected chi connectivity index (χ0v) is 11.5. The van der Waals surface area contributed by atoms with Crippen LogP contribution in [0, 0.1) is 0 Å². The first kappa shape index (κ1) is 16.2. The number of nitrogens with zero attached hydrogens (tertiary/aromatic N) is 1. The molecule has 0 fully saturated rings. The first-order valence-electron chi connectivity index (χ1n) is 5.84. The van der Waals surface area contributed by atoms with Crippen LogP contribution in [0.3, 0.4) is 0 Å². The highest BCUT2D eigenvalue weighted by Gasteiger charge is 2.21. The summed E-state index contributed by atoms with van der Waals surface area (Å²) in [4.78, 5) is 24.3. The van der Waals surface area contributed by atoms with Gasteiger partial charge in [0.15, 0.2) is 0 Å². The van der Waals surface area contributed by atoms with E-state index in [1.165, 1.54) is 4.90 Å². The van der Waals surface area contributed by atoms with Crippen molar-refractivity contribution in [1.82, 2.24) is 4.90 Å². The molecule has 0 saturated heterocycles. The minimum Gasteiger partial charge on any atom is -0.368 e. The number of rotatable bonds is 9. The summed E-state index contributed by atoms with van der Waals surface area (Å²) in [5, 5.41) is 0. The van der Waals surface area contributed by atoms with E-state index < -0.39 is 11.9 Å². The molecule has 0 aromatic heterocycles. The van der Waals surface area contributed by atoms with Crippen molar-refractivity contribution in [3.05, 3.63) is 0 Å². The molecule has 0 radical (unpaired) electrons. The maximum atomic E-state index is 12.0. The van der Waals surface area contributed by atoms with Crippen LogP contribution < -0.4 is 11.5 Å². The van der Waals surface area contributed by atoms with Crippen molar-refractivity contribution in [3.63, 3.8) is 0 Å². The fraction of sp³-hybridized carbons (Fsp3) is 0.818. The van der Waals surface area contributed by atoms with Gasteiger partial charge in [-0.25, -0.2) is 0 Å². The number of unbranched alkanes of at least 4 members (excludes halogenated alkanes) is 1. The van der Waals surface area contributed by atoms with Crippen molar-refractivity contribution in [2.24, 2.45) is 11.5 Å². The number of carbonyl (C=O) groups excluding carboxylic acids is 2. The van der Waals surface area contributed by atoms with Crippen LogP contribution in [0.2, 0.25) is 0 Å². The number of nitrogens with two attached hydrogens (primary N) is 2. The van der Waals surface area contributed by atoms with Crippen molar-refractivity contribution >= 4 is 23.6 Å². The fourth-order valence-electron chi connectivity index (χ4n) is 1.41. The number of primary amides is 1.